The van der Waals surface area contributed by atoms with E-state index in [0.717, 1.165) is 28.3 Å². The van der Waals surface area contributed by atoms with Crippen LogP contribution in [-0.4, -0.2) is 27.2 Å². The highest BCUT2D eigenvalue weighted by molar-refractivity contribution is 7.98. The van der Waals surface area contributed by atoms with Gasteiger partial charge in [-0.25, -0.2) is 9.78 Å². The Balaban J connectivity index is 1.52. The van der Waals surface area contributed by atoms with Crippen molar-refractivity contribution in [3.63, 3.8) is 0 Å². The first kappa shape index (κ1) is 20.4. The maximum absolute atomic E-state index is 12.2. The van der Waals surface area contributed by atoms with Gasteiger partial charge in [-0.1, -0.05) is 60.3 Å². The van der Waals surface area contributed by atoms with Crippen LogP contribution in [0, 0.1) is 0 Å². The third-order valence-corrected chi connectivity index (χ3v) is 6.73. The second kappa shape index (κ2) is 8.55. The second-order valence-electron chi connectivity index (χ2n) is 7.69. The van der Waals surface area contributed by atoms with E-state index in [1.54, 1.807) is 17.8 Å². The van der Waals surface area contributed by atoms with Crippen molar-refractivity contribution < 1.29 is 9.53 Å². The summed E-state index contributed by atoms with van der Waals surface area (Å²) in [7, 11) is 3.49. The lowest BCUT2D eigenvalue weighted by Gasteiger charge is -2.10. The Bertz CT molecular complexity index is 1430. The molecule has 32 heavy (non-hydrogen) atoms. The molecule has 2 heterocycles. The van der Waals surface area contributed by atoms with Crippen molar-refractivity contribution in [2.75, 3.05) is 7.11 Å². The number of methoxy groups -OCH3 is 1. The number of para-hydroxylation sites is 3. The molecule has 0 amide bonds. The predicted molar refractivity (Wildman–Crippen MR) is 129 cm³/mol. The Morgan fingerprint density at radius 1 is 0.938 bits per heavy atom. The largest absolute Gasteiger partial charge is 0.465 e. The highest BCUT2D eigenvalue weighted by atomic mass is 32.2. The van der Waals surface area contributed by atoms with E-state index in [2.05, 4.69) is 52.7 Å². The highest BCUT2D eigenvalue weighted by Crippen LogP contribution is 2.30. The fraction of sp³-hybridized carbons (Fsp3) is 0.154. The SMILES string of the molecule is COC(=O)c1ccccc1CSc1nc2ccccc2n1Cc1cn(C)c2ccccc12. The number of ether oxygens (including phenoxy) is 1. The van der Waals surface area contributed by atoms with Gasteiger partial charge in [0.1, 0.15) is 0 Å². The first-order valence-electron chi connectivity index (χ1n) is 10.4. The Labute approximate surface area is 190 Å². The zero-order chi connectivity index (χ0) is 22.1. The van der Waals surface area contributed by atoms with Crippen LogP contribution in [0.4, 0.5) is 0 Å². The van der Waals surface area contributed by atoms with Gasteiger partial charge >= 0.3 is 5.97 Å². The molecule has 0 N–H and O–H groups in total. The standard InChI is InChI=1S/C26H23N3O2S/c1-28-15-19(20-10-5-7-13-23(20)28)16-29-24-14-8-6-12-22(24)27-26(29)32-17-18-9-3-4-11-21(18)25(30)31-2/h3-15H,16-17H2,1-2H3. The molecule has 0 bridgehead atoms. The summed E-state index contributed by atoms with van der Waals surface area (Å²) in [6, 6.07) is 24.3. The zero-order valence-corrected chi connectivity index (χ0v) is 18.8. The molecule has 5 aromatic rings. The number of rotatable bonds is 6. The molecule has 0 fully saturated rings. The lowest BCUT2D eigenvalue weighted by atomic mass is 10.1. The number of carbonyl (C=O) groups excluding carboxylic acids is 1. The summed E-state index contributed by atoms with van der Waals surface area (Å²) in [5.74, 6) is 0.315. The number of esters is 1. The molecule has 160 valence electrons. The lowest BCUT2D eigenvalue weighted by Crippen LogP contribution is -2.05. The third-order valence-electron chi connectivity index (χ3n) is 5.71. The molecular weight excluding hydrogens is 418 g/mol. The van der Waals surface area contributed by atoms with Crippen molar-refractivity contribution in [3.05, 3.63) is 95.7 Å². The van der Waals surface area contributed by atoms with Crippen LogP contribution in [0.1, 0.15) is 21.5 Å². The zero-order valence-electron chi connectivity index (χ0n) is 18.0. The number of thioether (sulfide) groups is 1. The average molecular weight is 442 g/mol. The van der Waals surface area contributed by atoms with Gasteiger partial charge in [-0.2, -0.15) is 0 Å². The lowest BCUT2D eigenvalue weighted by molar-refractivity contribution is 0.0600. The van der Waals surface area contributed by atoms with E-state index in [0.29, 0.717) is 11.3 Å². The van der Waals surface area contributed by atoms with Crippen LogP contribution in [0.3, 0.4) is 0 Å². The summed E-state index contributed by atoms with van der Waals surface area (Å²) in [5.41, 5.74) is 6.07. The van der Waals surface area contributed by atoms with Gasteiger partial charge in [0, 0.05) is 29.9 Å². The molecule has 3 aromatic carbocycles. The predicted octanol–water partition coefficient (Wildman–Crippen LogP) is 5.66. The van der Waals surface area contributed by atoms with Crippen molar-refractivity contribution in [1.82, 2.24) is 14.1 Å². The van der Waals surface area contributed by atoms with Gasteiger partial charge in [0.2, 0.25) is 0 Å². The summed E-state index contributed by atoms with van der Waals surface area (Å²) in [6.45, 7) is 0.725. The van der Waals surface area contributed by atoms with E-state index in [9.17, 15) is 4.79 Å². The number of benzene rings is 3. The van der Waals surface area contributed by atoms with Crippen molar-refractivity contribution >= 4 is 39.7 Å². The Hall–Kier alpha value is -3.51. The minimum atomic E-state index is -0.314. The quantitative estimate of drug-likeness (QED) is 0.252. The summed E-state index contributed by atoms with van der Waals surface area (Å²) in [4.78, 5) is 17.1. The minimum absolute atomic E-state index is 0.314. The second-order valence-corrected chi connectivity index (χ2v) is 8.63. The van der Waals surface area contributed by atoms with Crippen LogP contribution < -0.4 is 0 Å². The number of hydrogen-bond donors (Lipinski definition) is 0. The Kier molecular flexibility index (Phi) is 5.45. The molecular formula is C26H23N3O2S. The average Bonchev–Trinajstić information content (AvgIpc) is 3.35. The smallest absolute Gasteiger partial charge is 0.338 e. The normalized spacial score (nSPS) is 11.3. The molecule has 5 nitrogen and oxygen atoms in total. The van der Waals surface area contributed by atoms with E-state index in [1.165, 1.54) is 23.6 Å². The van der Waals surface area contributed by atoms with Crippen molar-refractivity contribution in [2.45, 2.75) is 17.5 Å². The van der Waals surface area contributed by atoms with E-state index >= 15 is 0 Å². The monoisotopic (exact) mass is 441 g/mol. The van der Waals surface area contributed by atoms with Gasteiger partial charge < -0.3 is 13.9 Å². The summed E-state index contributed by atoms with van der Waals surface area (Å²) in [5, 5.41) is 2.18. The minimum Gasteiger partial charge on any atom is -0.465 e. The highest BCUT2D eigenvalue weighted by Gasteiger charge is 2.16. The number of aromatic nitrogens is 3. The molecule has 0 aliphatic heterocycles. The van der Waals surface area contributed by atoms with Crippen LogP contribution in [0.2, 0.25) is 0 Å². The molecule has 0 saturated carbocycles. The van der Waals surface area contributed by atoms with Gasteiger partial charge in [-0.15, -0.1) is 0 Å². The molecule has 0 radical (unpaired) electrons. The maximum Gasteiger partial charge on any atom is 0.338 e. The fourth-order valence-electron chi connectivity index (χ4n) is 4.14. The van der Waals surface area contributed by atoms with Crippen molar-refractivity contribution in [1.29, 1.82) is 0 Å². The molecule has 0 spiro atoms. The first-order chi connectivity index (χ1) is 15.7. The Morgan fingerprint density at radius 3 is 2.50 bits per heavy atom. The molecule has 0 atom stereocenters. The van der Waals surface area contributed by atoms with Crippen LogP contribution in [0.15, 0.2) is 84.1 Å². The first-order valence-corrected chi connectivity index (χ1v) is 11.4. The van der Waals surface area contributed by atoms with Gasteiger partial charge in [0.05, 0.1) is 30.3 Å². The fourth-order valence-corrected chi connectivity index (χ4v) is 5.15. The summed E-state index contributed by atoms with van der Waals surface area (Å²) >= 11 is 1.64. The van der Waals surface area contributed by atoms with Crippen molar-refractivity contribution in [2.24, 2.45) is 7.05 Å². The molecule has 6 heteroatoms. The molecule has 0 aliphatic rings. The Morgan fingerprint density at radius 2 is 1.66 bits per heavy atom. The molecule has 2 aromatic heterocycles. The maximum atomic E-state index is 12.2. The van der Waals surface area contributed by atoms with E-state index < -0.39 is 0 Å². The number of hydrogen-bond acceptors (Lipinski definition) is 4. The van der Waals surface area contributed by atoms with Crippen LogP contribution in [0.5, 0.6) is 0 Å². The van der Waals surface area contributed by atoms with Gasteiger partial charge in [0.15, 0.2) is 5.16 Å². The van der Waals surface area contributed by atoms with Gasteiger partial charge in [-0.05, 0) is 35.4 Å². The van der Waals surface area contributed by atoms with Gasteiger partial charge in [0.25, 0.3) is 0 Å². The molecule has 0 saturated heterocycles. The molecule has 5 rings (SSSR count). The van der Waals surface area contributed by atoms with Crippen LogP contribution in [0.25, 0.3) is 21.9 Å². The molecule has 0 aliphatic carbocycles. The topological polar surface area (TPSA) is 49.0 Å². The van der Waals surface area contributed by atoms with E-state index in [-0.39, 0.29) is 5.97 Å². The van der Waals surface area contributed by atoms with Crippen molar-refractivity contribution in [3.8, 4) is 0 Å². The number of imidazole rings is 1. The summed E-state index contributed by atoms with van der Waals surface area (Å²) in [6.07, 6.45) is 2.19. The van der Waals surface area contributed by atoms with E-state index in [4.69, 9.17) is 9.72 Å². The van der Waals surface area contributed by atoms with Crippen LogP contribution >= 0.6 is 11.8 Å². The number of aryl methyl sites for hydroxylation is 1. The number of fused-ring (bicyclic) bond motifs is 2. The third kappa shape index (κ3) is 3.67. The number of carbonyl (C=O) groups is 1. The van der Waals surface area contributed by atoms with E-state index in [1.807, 2.05) is 36.4 Å². The molecule has 0 unspecified atom stereocenters. The number of nitrogens with zero attached hydrogens (tertiary/aromatic N) is 3. The van der Waals surface area contributed by atoms with Gasteiger partial charge in [-0.3, -0.25) is 0 Å². The summed E-state index contributed by atoms with van der Waals surface area (Å²) < 4.78 is 9.39. The van der Waals surface area contributed by atoms with Crippen LogP contribution in [-0.2, 0) is 24.1 Å².